The summed E-state index contributed by atoms with van der Waals surface area (Å²) in [7, 11) is 0. The Morgan fingerprint density at radius 2 is 1.84 bits per heavy atom. The average molecular weight is 322 g/mol. The summed E-state index contributed by atoms with van der Waals surface area (Å²) >= 11 is 3.41. The number of anilines is 1. The summed E-state index contributed by atoms with van der Waals surface area (Å²) < 4.78 is 13.9. The molecule has 19 heavy (non-hydrogen) atoms. The number of halogens is 2. The Bertz CT molecular complexity index is 595. The first-order valence-electron chi connectivity index (χ1n) is 6.26. The van der Waals surface area contributed by atoms with Crippen molar-refractivity contribution in [3.8, 4) is 0 Å². The molecule has 0 aromatic heterocycles. The van der Waals surface area contributed by atoms with Crippen LogP contribution in [0, 0.1) is 19.7 Å². The van der Waals surface area contributed by atoms with E-state index in [1.165, 1.54) is 23.3 Å². The highest BCUT2D eigenvalue weighted by Crippen LogP contribution is 2.28. The minimum atomic E-state index is -0.227. The lowest BCUT2D eigenvalue weighted by molar-refractivity contribution is 0.625. The van der Waals surface area contributed by atoms with Crippen molar-refractivity contribution in [2.24, 2.45) is 0 Å². The molecule has 0 heterocycles. The van der Waals surface area contributed by atoms with Crippen LogP contribution in [0.4, 0.5) is 10.1 Å². The predicted octanol–water partition coefficient (Wildman–Crippen LogP) is 5.38. The van der Waals surface area contributed by atoms with Crippen LogP contribution in [-0.2, 0) is 0 Å². The molecule has 0 radical (unpaired) electrons. The number of hydrogen-bond donors (Lipinski definition) is 1. The first-order chi connectivity index (χ1) is 8.97. The Labute approximate surface area is 122 Å². The van der Waals surface area contributed by atoms with Gasteiger partial charge in [-0.2, -0.15) is 0 Å². The molecule has 2 aromatic carbocycles. The maximum atomic E-state index is 13.1. The Balaban J connectivity index is 2.23. The van der Waals surface area contributed by atoms with Gasteiger partial charge < -0.3 is 5.32 Å². The lowest BCUT2D eigenvalue weighted by Gasteiger charge is -2.19. The summed E-state index contributed by atoms with van der Waals surface area (Å²) in [5.41, 5.74) is 4.61. The molecular formula is C16H17BrFN. The zero-order valence-corrected chi connectivity index (χ0v) is 12.9. The number of hydrogen-bond acceptors (Lipinski definition) is 1. The van der Waals surface area contributed by atoms with Gasteiger partial charge in [-0.25, -0.2) is 4.39 Å². The molecule has 0 fully saturated rings. The summed E-state index contributed by atoms with van der Waals surface area (Å²) in [6.45, 7) is 6.23. The summed E-state index contributed by atoms with van der Waals surface area (Å²) in [5, 5.41) is 3.46. The summed E-state index contributed by atoms with van der Waals surface area (Å²) in [5.74, 6) is -0.227. The van der Waals surface area contributed by atoms with Crippen LogP contribution in [-0.4, -0.2) is 0 Å². The van der Waals surface area contributed by atoms with E-state index in [0.29, 0.717) is 0 Å². The Hall–Kier alpha value is -1.35. The lowest BCUT2D eigenvalue weighted by atomic mass is 10.1. The molecule has 1 atom stereocenters. The van der Waals surface area contributed by atoms with Crippen molar-refractivity contribution in [2.75, 3.05) is 5.32 Å². The highest BCUT2D eigenvalue weighted by Gasteiger charge is 2.11. The third-order valence-electron chi connectivity index (χ3n) is 3.18. The largest absolute Gasteiger partial charge is 0.378 e. The van der Waals surface area contributed by atoms with Crippen molar-refractivity contribution < 1.29 is 4.39 Å². The maximum Gasteiger partial charge on any atom is 0.124 e. The van der Waals surface area contributed by atoms with Crippen molar-refractivity contribution in [1.29, 1.82) is 0 Å². The van der Waals surface area contributed by atoms with E-state index >= 15 is 0 Å². The molecule has 1 nitrogen and oxygen atoms in total. The SMILES string of the molecule is Cc1ccc(NC(C)c2ccc(F)cc2Br)c(C)c1. The molecule has 0 aliphatic carbocycles. The molecule has 1 unspecified atom stereocenters. The van der Waals surface area contributed by atoms with Gasteiger partial charge in [0.15, 0.2) is 0 Å². The molecule has 0 saturated carbocycles. The number of rotatable bonds is 3. The van der Waals surface area contributed by atoms with E-state index < -0.39 is 0 Å². The molecule has 0 bridgehead atoms. The van der Waals surface area contributed by atoms with Gasteiger partial charge in [0.1, 0.15) is 5.82 Å². The standard InChI is InChI=1S/C16H17BrFN/c1-10-4-7-16(11(2)8-10)19-12(3)14-6-5-13(18)9-15(14)17/h4-9,12,19H,1-3H3. The maximum absolute atomic E-state index is 13.1. The molecule has 2 aromatic rings. The first-order valence-corrected chi connectivity index (χ1v) is 7.05. The third kappa shape index (κ3) is 3.35. The van der Waals surface area contributed by atoms with Crippen LogP contribution in [0.15, 0.2) is 40.9 Å². The quantitative estimate of drug-likeness (QED) is 0.800. The summed E-state index contributed by atoms with van der Waals surface area (Å²) in [6, 6.07) is 11.2. The van der Waals surface area contributed by atoms with Crippen LogP contribution < -0.4 is 5.32 Å². The predicted molar refractivity (Wildman–Crippen MR) is 82.1 cm³/mol. The topological polar surface area (TPSA) is 12.0 Å². The summed E-state index contributed by atoms with van der Waals surface area (Å²) in [6.07, 6.45) is 0. The fourth-order valence-corrected chi connectivity index (χ4v) is 2.83. The Kier molecular flexibility index (Phi) is 4.25. The van der Waals surface area contributed by atoms with Gasteiger partial charge in [0.05, 0.1) is 0 Å². The van der Waals surface area contributed by atoms with Crippen LogP contribution in [0.1, 0.15) is 29.7 Å². The van der Waals surface area contributed by atoms with Crippen molar-refractivity contribution in [3.63, 3.8) is 0 Å². The van der Waals surface area contributed by atoms with Crippen molar-refractivity contribution in [3.05, 3.63) is 63.4 Å². The monoisotopic (exact) mass is 321 g/mol. The Morgan fingerprint density at radius 3 is 2.47 bits per heavy atom. The zero-order chi connectivity index (χ0) is 14.0. The molecule has 0 saturated heterocycles. The molecule has 0 aliphatic rings. The molecular weight excluding hydrogens is 305 g/mol. The van der Waals surface area contributed by atoms with Crippen molar-refractivity contribution in [2.45, 2.75) is 26.8 Å². The minimum Gasteiger partial charge on any atom is -0.378 e. The van der Waals surface area contributed by atoms with Crippen LogP contribution in [0.5, 0.6) is 0 Å². The van der Waals surface area contributed by atoms with Gasteiger partial charge >= 0.3 is 0 Å². The number of aryl methyl sites for hydroxylation is 2. The fourth-order valence-electron chi connectivity index (χ4n) is 2.14. The van der Waals surface area contributed by atoms with E-state index in [-0.39, 0.29) is 11.9 Å². The number of benzene rings is 2. The van der Waals surface area contributed by atoms with Gasteiger partial charge in [-0.05, 0) is 50.1 Å². The van der Waals surface area contributed by atoms with E-state index in [9.17, 15) is 4.39 Å². The average Bonchev–Trinajstić information content (AvgIpc) is 2.32. The second kappa shape index (κ2) is 5.74. The molecule has 3 heteroatoms. The van der Waals surface area contributed by atoms with E-state index in [2.05, 4.69) is 60.2 Å². The number of nitrogens with one attached hydrogen (secondary N) is 1. The van der Waals surface area contributed by atoms with Gasteiger partial charge in [0.25, 0.3) is 0 Å². The second-order valence-corrected chi connectivity index (χ2v) is 5.70. The molecule has 0 amide bonds. The van der Waals surface area contributed by atoms with E-state index in [4.69, 9.17) is 0 Å². The first kappa shape index (κ1) is 14.1. The smallest absolute Gasteiger partial charge is 0.124 e. The van der Waals surface area contributed by atoms with Crippen LogP contribution in [0.25, 0.3) is 0 Å². The van der Waals surface area contributed by atoms with Gasteiger partial charge in [-0.1, -0.05) is 39.7 Å². The van der Waals surface area contributed by atoms with E-state index in [1.54, 1.807) is 6.07 Å². The third-order valence-corrected chi connectivity index (χ3v) is 3.87. The molecule has 1 N–H and O–H groups in total. The van der Waals surface area contributed by atoms with E-state index in [1.807, 2.05) is 0 Å². The van der Waals surface area contributed by atoms with Crippen LogP contribution in [0.3, 0.4) is 0 Å². The van der Waals surface area contributed by atoms with Crippen LogP contribution in [0.2, 0.25) is 0 Å². The molecule has 0 aliphatic heterocycles. The summed E-state index contributed by atoms with van der Waals surface area (Å²) in [4.78, 5) is 0. The van der Waals surface area contributed by atoms with Gasteiger partial charge in [0.2, 0.25) is 0 Å². The molecule has 0 spiro atoms. The van der Waals surface area contributed by atoms with Crippen molar-refractivity contribution >= 4 is 21.6 Å². The normalized spacial score (nSPS) is 12.3. The fraction of sp³-hybridized carbons (Fsp3) is 0.250. The molecule has 100 valence electrons. The minimum absolute atomic E-state index is 0.108. The van der Waals surface area contributed by atoms with Gasteiger partial charge in [-0.15, -0.1) is 0 Å². The highest BCUT2D eigenvalue weighted by atomic mass is 79.9. The van der Waals surface area contributed by atoms with E-state index in [0.717, 1.165) is 15.7 Å². The van der Waals surface area contributed by atoms with Crippen LogP contribution >= 0.6 is 15.9 Å². The molecule has 2 rings (SSSR count). The zero-order valence-electron chi connectivity index (χ0n) is 11.3. The van der Waals surface area contributed by atoms with Crippen molar-refractivity contribution in [1.82, 2.24) is 0 Å². The highest BCUT2D eigenvalue weighted by molar-refractivity contribution is 9.10. The second-order valence-electron chi connectivity index (χ2n) is 4.85. The Morgan fingerprint density at radius 1 is 1.11 bits per heavy atom. The van der Waals surface area contributed by atoms with Gasteiger partial charge in [0, 0.05) is 16.2 Å². The lowest BCUT2D eigenvalue weighted by Crippen LogP contribution is -2.08. The van der Waals surface area contributed by atoms with Gasteiger partial charge in [-0.3, -0.25) is 0 Å².